The average Bonchev–Trinajstić information content (AvgIpc) is 3.02. The standard InChI is InChI=1S/C18H19ClN2O3/c19-17-4-2-1-3-13(17)12-24-16-7-5-14(6-8-16)20-18(23)21-10-9-15(22)11-21/h1-8,15,22H,9-12H2,(H,20,23)/t15-/m0/s1. The van der Waals surface area contributed by atoms with Crippen LogP contribution in [-0.4, -0.2) is 35.2 Å². The first kappa shape index (κ1) is 16.6. The number of carbonyl (C=O) groups excluding carboxylic acids is 1. The molecule has 0 aliphatic carbocycles. The van der Waals surface area contributed by atoms with Crippen molar-refractivity contribution in [1.82, 2.24) is 4.90 Å². The van der Waals surface area contributed by atoms with Crippen molar-refractivity contribution in [2.45, 2.75) is 19.1 Å². The van der Waals surface area contributed by atoms with Crippen LogP contribution in [0.3, 0.4) is 0 Å². The molecule has 0 saturated carbocycles. The molecule has 3 rings (SSSR count). The van der Waals surface area contributed by atoms with Crippen LogP contribution in [0.2, 0.25) is 5.02 Å². The fourth-order valence-corrected chi connectivity index (χ4v) is 2.73. The van der Waals surface area contributed by atoms with Gasteiger partial charge in [-0.05, 0) is 36.8 Å². The van der Waals surface area contributed by atoms with Crippen LogP contribution < -0.4 is 10.1 Å². The summed E-state index contributed by atoms with van der Waals surface area (Å²) in [5.41, 5.74) is 1.61. The molecule has 126 valence electrons. The number of amides is 2. The Bertz CT molecular complexity index is 706. The number of β-amino-alcohol motifs (C(OH)–C–C–N with tert-alkyl or cyclic N) is 1. The van der Waals surface area contributed by atoms with Gasteiger partial charge in [-0.2, -0.15) is 0 Å². The third-order valence-corrected chi connectivity index (χ3v) is 4.28. The van der Waals surface area contributed by atoms with Gasteiger partial charge in [0.25, 0.3) is 0 Å². The van der Waals surface area contributed by atoms with E-state index in [9.17, 15) is 9.90 Å². The van der Waals surface area contributed by atoms with Gasteiger partial charge < -0.3 is 20.1 Å². The van der Waals surface area contributed by atoms with Crippen molar-refractivity contribution in [3.8, 4) is 5.75 Å². The lowest BCUT2D eigenvalue weighted by atomic mass is 10.2. The number of aliphatic hydroxyl groups is 1. The number of anilines is 1. The Morgan fingerprint density at radius 3 is 2.67 bits per heavy atom. The van der Waals surface area contributed by atoms with Crippen molar-refractivity contribution in [1.29, 1.82) is 0 Å². The number of likely N-dealkylation sites (tertiary alicyclic amines) is 1. The van der Waals surface area contributed by atoms with E-state index in [1.165, 1.54) is 0 Å². The van der Waals surface area contributed by atoms with E-state index in [0.29, 0.717) is 42.6 Å². The maximum Gasteiger partial charge on any atom is 0.321 e. The molecule has 5 nitrogen and oxygen atoms in total. The highest BCUT2D eigenvalue weighted by Gasteiger charge is 2.24. The molecule has 1 heterocycles. The Balaban J connectivity index is 1.53. The van der Waals surface area contributed by atoms with Gasteiger partial charge >= 0.3 is 6.03 Å². The molecule has 0 aromatic heterocycles. The molecular weight excluding hydrogens is 328 g/mol. The summed E-state index contributed by atoms with van der Waals surface area (Å²) >= 11 is 6.10. The maximum absolute atomic E-state index is 12.1. The van der Waals surface area contributed by atoms with Gasteiger partial charge in [-0.25, -0.2) is 4.79 Å². The van der Waals surface area contributed by atoms with E-state index in [4.69, 9.17) is 16.3 Å². The first-order valence-corrected chi connectivity index (χ1v) is 8.20. The third-order valence-electron chi connectivity index (χ3n) is 3.91. The van der Waals surface area contributed by atoms with Crippen molar-refractivity contribution < 1.29 is 14.6 Å². The van der Waals surface area contributed by atoms with E-state index in [0.717, 1.165) is 5.56 Å². The van der Waals surface area contributed by atoms with Gasteiger partial charge in [0.2, 0.25) is 0 Å². The molecule has 1 aliphatic heterocycles. The number of hydrogen-bond donors (Lipinski definition) is 2. The van der Waals surface area contributed by atoms with Crippen LogP contribution in [-0.2, 0) is 6.61 Å². The number of rotatable bonds is 4. The number of benzene rings is 2. The molecule has 1 atom stereocenters. The Morgan fingerprint density at radius 1 is 1.25 bits per heavy atom. The van der Waals surface area contributed by atoms with Crippen molar-refractivity contribution in [2.24, 2.45) is 0 Å². The number of carbonyl (C=O) groups is 1. The summed E-state index contributed by atoms with van der Waals surface area (Å²) in [6.45, 7) is 1.34. The lowest BCUT2D eigenvalue weighted by Crippen LogP contribution is -2.33. The zero-order valence-corrected chi connectivity index (χ0v) is 13.9. The summed E-state index contributed by atoms with van der Waals surface area (Å²) in [6, 6.07) is 14.5. The highest BCUT2D eigenvalue weighted by atomic mass is 35.5. The Labute approximate surface area is 145 Å². The van der Waals surface area contributed by atoms with Crippen LogP contribution in [0.5, 0.6) is 5.75 Å². The molecule has 0 unspecified atom stereocenters. The van der Waals surface area contributed by atoms with E-state index >= 15 is 0 Å². The lowest BCUT2D eigenvalue weighted by molar-refractivity contribution is 0.176. The predicted octanol–water partition coefficient (Wildman–Crippen LogP) is 3.52. The van der Waals surface area contributed by atoms with Crippen LogP contribution in [0, 0.1) is 0 Å². The fraction of sp³-hybridized carbons (Fsp3) is 0.278. The van der Waals surface area contributed by atoms with Crippen LogP contribution in [0.4, 0.5) is 10.5 Å². The second kappa shape index (κ2) is 7.55. The summed E-state index contributed by atoms with van der Waals surface area (Å²) in [7, 11) is 0. The SMILES string of the molecule is O=C(Nc1ccc(OCc2ccccc2Cl)cc1)N1CC[C@H](O)C1. The number of urea groups is 1. The second-order valence-corrected chi connectivity index (χ2v) is 6.13. The summed E-state index contributed by atoms with van der Waals surface area (Å²) in [5, 5.41) is 13.0. The largest absolute Gasteiger partial charge is 0.489 e. The summed E-state index contributed by atoms with van der Waals surface area (Å²) < 4.78 is 5.71. The molecule has 0 spiro atoms. The average molecular weight is 347 g/mol. The van der Waals surface area contributed by atoms with Gasteiger partial charge in [-0.3, -0.25) is 0 Å². The van der Waals surface area contributed by atoms with Gasteiger partial charge in [0.15, 0.2) is 0 Å². The number of nitrogens with zero attached hydrogens (tertiary/aromatic N) is 1. The topological polar surface area (TPSA) is 61.8 Å². The van der Waals surface area contributed by atoms with E-state index < -0.39 is 6.10 Å². The molecular formula is C18H19ClN2O3. The van der Waals surface area contributed by atoms with Crippen molar-refractivity contribution >= 4 is 23.3 Å². The zero-order chi connectivity index (χ0) is 16.9. The van der Waals surface area contributed by atoms with Gasteiger partial charge in [0.1, 0.15) is 12.4 Å². The summed E-state index contributed by atoms with van der Waals surface area (Å²) in [5.74, 6) is 0.699. The minimum atomic E-state index is -0.420. The Hall–Kier alpha value is -2.24. The van der Waals surface area contributed by atoms with Crippen LogP contribution >= 0.6 is 11.6 Å². The molecule has 2 aromatic rings. The van der Waals surface area contributed by atoms with E-state index in [-0.39, 0.29) is 6.03 Å². The molecule has 24 heavy (non-hydrogen) atoms. The number of halogens is 1. The number of nitrogens with one attached hydrogen (secondary N) is 1. The van der Waals surface area contributed by atoms with Gasteiger partial charge in [0.05, 0.1) is 6.10 Å². The molecule has 1 saturated heterocycles. The molecule has 2 N–H and O–H groups in total. The molecule has 2 amide bonds. The smallest absolute Gasteiger partial charge is 0.321 e. The normalized spacial score (nSPS) is 16.9. The highest BCUT2D eigenvalue weighted by Crippen LogP contribution is 2.21. The second-order valence-electron chi connectivity index (χ2n) is 5.72. The highest BCUT2D eigenvalue weighted by molar-refractivity contribution is 6.31. The maximum atomic E-state index is 12.1. The summed E-state index contributed by atoms with van der Waals surface area (Å²) in [6.07, 6.45) is 0.207. The van der Waals surface area contributed by atoms with Crippen molar-refractivity contribution in [3.63, 3.8) is 0 Å². The van der Waals surface area contributed by atoms with Gasteiger partial charge in [-0.1, -0.05) is 29.8 Å². The monoisotopic (exact) mass is 346 g/mol. The van der Waals surface area contributed by atoms with Crippen LogP contribution in [0.15, 0.2) is 48.5 Å². The first-order valence-electron chi connectivity index (χ1n) is 7.82. The van der Waals surface area contributed by atoms with Crippen molar-refractivity contribution in [3.05, 3.63) is 59.1 Å². The molecule has 0 bridgehead atoms. The number of ether oxygens (including phenoxy) is 1. The molecule has 0 radical (unpaired) electrons. The first-order chi connectivity index (χ1) is 11.6. The van der Waals surface area contributed by atoms with E-state index in [1.807, 2.05) is 24.3 Å². The van der Waals surface area contributed by atoms with Crippen LogP contribution in [0.25, 0.3) is 0 Å². The van der Waals surface area contributed by atoms with E-state index in [2.05, 4.69) is 5.32 Å². The van der Waals surface area contributed by atoms with Gasteiger partial charge in [-0.15, -0.1) is 0 Å². The minimum Gasteiger partial charge on any atom is -0.489 e. The Morgan fingerprint density at radius 2 is 2.00 bits per heavy atom. The molecule has 6 heteroatoms. The minimum absolute atomic E-state index is 0.198. The zero-order valence-electron chi connectivity index (χ0n) is 13.1. The molecule has 2 aromatic carbocycles. The van der Waals surface area contributed by atoms with Gasteiger partial charge in [0, 0.05) is 29.4 Å². The lowest BCUT2D eigenvalue weighted by Gasteiger charge is -2.16. The fourth-order valence-electron chi connectivity index (χ4n) is 2.54. The predicted molar refractivity (Wildman–Crippen MR) is 93.4 cm³/mol. The number of aliphatic hydroxyl groups excluding tert-OH is 1. The molecule has 1 aliphatic rings. The van der Waals surface area contributed by atoms with Crippen molar-refractivity contribution in [2.75, 3.05) is 18.4 Å². The quantitative estimate of drug-likeness (QED) is 0.890. The third kappa shape index (κ3) is 4.19. The Kier molecular flexibility index (Phi) is 5.23. The number of hydrogen-bond acceptors (Lipinski definition) is 3. The van der Waals surface area contributed by atoms with E-state index in [1.54, 1.807) is 29.2 Å². The van der Waals surface area contributed by atoms with Crippen LogP contribution in [0.1, 0.15) is 12.0 Å². The summed E-state index contributed by atoms with van der Waals surface area (Å²) in [4.78, 5) is 13.7. The molecule has 1 fully saturated rings.